The molecule has 1 aromatic carbocycles. The van der Waals surface area contributed by atoms with Crippen molar-refractivity contribution in [2.24, 2.45) is 11.8 Å². The van der Waals surface area contributed by atoms with Crippen LogP contribution in [0.3, 0.4) is 0 Å². The van der Waals surface area contributed by atoms with Gasteiger partial charge in [-0.3, -0.25) is 9.59 Å². The SMILES string of the molecule is Cl.O=C(NCCC1CCNC1)C1CC(=O)N(c2ccccc2Br)C1. The Morgan fingerprint density at radius 3 is 2.88 bits per heavy atom. The van der Waals surface area contributed by atoms with E-state index < -0.39 is 0 Å². The maximum absolute atomic E-state index is 12.3. The number of amides is 2. The lowest BCUT2D eigenvalue weighted by atomic mass is 10.0. The van der Waals surface area contributed by atoms with Crippen molar-refractivity contribution in [3.05, 3.63) is 28.7 Å². The van der Waals surface area contributed by atoms with Crippen molar-refractivity contribution in [2.45, 2.75) is 19.3 Å². The van der Waals surface area contributed by atoms with Crippen LogP contribution in [-0.2, 0) is 9.59 Å². The third kappa shape index (κ3) is 4.49. The molecule has 5 nitrogen and oxygen atoms in total. The van der Waals surface area contributed by atoms with E-state index in [0.717, 1.165) is 29.7 Å². The zero-order valence-electron chi connectivity index (χ0n) is 13.5. The number of halogens is 2. The number of para-hydroxylation sites is 1. The van der Waals surface area contributed by atoms with E-state index in [4.69, 9.17) is 0 Å². The fraction of sp³-hybridized carbons (Fsp3) is 0.529. The van der Waals surface area contributed by atoms with Crippen molar-refractivity contribution >= 4 is 45.8 Å². The van der Waals surface area contributed by atoms with E-state index in [1.165, 1.54) is 6.42 Å². The molecule has 132 valence electrons. The number of hydrogen-bond acceptors (Lipinski definition) is 3. The first kappa shape index (κ1) is 19.2. The quantitative estimate of drug-likeness (QED) is 0.774. The van der Waals surface area contributed by atoms with Gasteiger partial charge in [-0.15, -0.1) is 12.4 Å². The molecule has 2 fully saturated rings. The molecule has 24 heavy (non-hydrogen) atoms. The van der Waals surface area contributed by atoms with Crippen LogP contribution in [0.5, 0.6) is 0 Å². The summed E-state index contributed by atoms with van der Waals surface area (Å²) >= 11 is 3.47. The Kier molecular flexibility index (Phi) is 7.07. The Morgan fingerprint density at radius 1 is 1.38 bits per heavy atom. The predicted octanol–water partition coefficient (Wildman–Crippen LogP) is 2.34. The number of hydrogen-bond donors (Lipinski definition) is 2. The van der Waals surface area contributed by atoms with E-state index in [2.05, 4.69) is 26.6 Å². The van der Waals surface area contributed by atoms with Gasteiger partial charge in [0.15, 0.2) is 0 Å². The zero-order chi connectivity index (χ0) is 16.2. The summed E-state index contributed by atoms with van der Waals surface area (Å²) in [5.74, 6) is 0.421. The second kappa shape index (κ2) is 8.83. The fourth-order valence-electron chi connectivity index (χ4n) is 3.29. The second-order valence-electron chi connectivity index (χ2n) is 6.30. The minimum atomic E-state index is -0.253. The van der Waals surface area contributed by atoms with E-state index in [9.17, 15) is 9.59 Å². The van der Waals surface area contributed by atoms with Crippen molar-refractivity contribution in [3.63, 3.8) is 0 Å². The van der Waals surface area contributed by atoms with Crippen LogP contribution < -0.4 is 15.5 Å². The van der Waals surface area contributed by atoms with Gasteiger partial charge in [-0.25, -0.2) is 0 Å². The molecule has 0 saturated carbocycles. The minimum absolute atomic E-state index is 0. The summed E-state index contributed by atoms with van der Waals surface area (Å²) in [7, 11) is 0. The smallest absolute Gasteiger partial charge is 0.227 e. The standard InChI is InChI=1S/C17H22BrN3O2.ClH/c18-14-3-1-2-4-15(14)21-11-13(9-16(21)22)17(23)20-8-6-12-5-7-19-10-12;/h1-4,12-13,19H,5-11H2,(H,20,23);1H. The number of benzene rings is 1. The third-order valence-electron chi connectivity index (χ3n) is 4.65. The molecule has 2 N–H and O–H groups in total. The molecule has 0 aliphatic carbocycles. The number of rotatable bonds is 5. The monoisotopic (exact) mass is 415 g/mol. The van der Waals surface area contributed by atoms with Gasteiger partial charge >= 0.3 is 0 Å². The van der Waals surface area contributed by atoms with E-state index in [-0.39, 0.29) is 36.6 Å². The summed E-state index contributed by atoms with van der Waals surface area (Å²) in [6.45, 7) is 3.29. The molecule has 2 heterocycles. The highest BCUT2D eigenvalue weighted by Gasteiger charge is 2.35. The molecule has 0 bridgehead atoms. The van der Waals surface area contributed by atoms with Gasteiger partial charge in [-0.05, 0) is 59.9 Å². The fourth-order valence-corrected chi connectivity index (χ4v) is 3.79. The highest BCUT2D eigenvalue weighted by atomic mass is 79.9. The Hall–Kier alpha value is -1.11. The lowest BCUT2D eigenvalue weighted by Crippen LogP contribution is -2.34. The molecule has 2 unspecified atom stereocenters. The first-order valence-corrected chi connectivity index (χ1v) is 8.98. The highest BCUT2D eigenvalue weighted by molar-refractivity contribution is 9.10. The molecule has 0 radical (unpaired) electrons. The molecule has 1 aromatic rings. The van der Waals surface area contributed by atoms with Crippen molar-refractivity contribution in [3.8, 4) is 0 Å². The van der Waals surface area contributed by atoms with E-state index in [1.54, 1.807) is 4.90 Å². The van der Waals surface area contributed by atoms with Crippen LogP contribution in [0.25, 0.3) is 0 Å². The van der Waals surface area contributed by atoms with Crippen LogP contribution >= 0.6 is 28.3 Å². The molecular weight excluding hydrogens is 394 g/mol. The average Bonchev–Trinajstić information content (AvgIpc) is 3.17. The summed E-state index contributed by atoms with van der Waals surface area (Å²) in [5, 5.41) is 6.33. The maximum Gasteiger partial charge on any atom is 0.227 e. The van der Waals surface area contributed by atoms with Gasteiger partial charge in [0, 0.05) is 24.0 Å². The number of nitrogens with zero attached hydrogens (tertiary/aromatic N) is 1. The lowest BCUT2D eigenvalue weighted by Gasteiger charge is -2.18. The normalized spacial score (nSPS) is 23.2. The first-order chi connectivity index (χ1) is 11.1. The molecular formula is C17H23BrClN3O2. The van der Waals surface area contributed by atoms with Gasteiger partial charge < -0.3 is 15.5 Å². The molecule has 0 spiro atoms. The van der Waals surface area contributed by atoms with Gasteiger partial charge in [-0.2, -0.15) is 0 Å². The Balaban J connectivity index is 0.00000208. The van der Waals surface area contributed by atoms with Gasteiger partial charge in [-0.1, -0.05) is 12.1 Å². The van der Waals surface area contributed by atoms with Gasteiger partial charge in [0.25, 0.3) is 0 Å². The summed E-state index contributed by atoms with van der Waals surface area (Å²) in [5.41, 5.74) is 0.838. The van der Waals surface area contributed by atoms with Crippen LogP contribution in [0.4, 0.5) is 5.69 Å². The Bertz CT molecular complexity index is 593. The summed E-state index contributed by atoms with van der Waals surface area (Å²) in [6.07, 6.45) is 2.49. The zero-order valence-corrected chi connectivity index (χ0v) is 15.9. The summed E-state index contributed by atoms with van der Waals surface area (Å²) in [4.78, 5) is 26.3. The Labute approximate surface area is 157 Å². The largest absolute Gasteiger partial charge is 0.356 e. The van der Waals surface area contributed by atoms with E-state index >= 15 is 0 Å². The van der Waals surface area contributed by atoms with Crippen LogP contribution in [0, 0.1) is 11.8 Å². The van der Waals surface area contributed by atoms with E-state index in [0.29, 0.717) is 19.0 Å². The van der Waals surface area contributed by atoms with Crippen molar-refractivity contribution in [2.75, 3.05) is 31.1 Å². The molecule has 7 heteroatoms. The molecule has 2 aliphatic rings. The second-order valence-corrected chi connectivity index (χ2v) is 7.15. The van der Waals surface area contributed by atoms with Crippen molar-refractivity contribution < 1.29 is 9.59 Å². The van der Waals surface area contributed by atoms with Gasteiger partial charge in [0.1, 0.15) is 0 Å². The third-order valence-corrected chi connectivity index (χ3v) is 5.32. The van der Waals surface area contributed by atoms with E-state index in [1.807, 2.05) is 24.3 Å². The average molecular weight is 417 g/mol. The number of nitrogens with one attached hydrogen (secondary N) is 2. The molecule has 2 atom stereocenters. The van der Waals surface area contributed by atoms with Crippen molar-refractivity contribution in [1.29, 1.82) is 0 Å². The highest BCUT2D eigenvalue weighted by Crippen LogP contribution is 2.31. The number of carbonyl (C=O) groups excluding carboxylic acids is 2. The summed E-state index contributed by atoms with van der Waals surface area (Å²) in [6, 6.07) is 7.62. The van der Waals surface area contributed by atoms with Gasteiger partial charge in [0.2, 0.25) is 11.8 Å². The van der Waals surface area contributed by atoms with Crippen LogP contribution in [0.1, 0.15) is 19.3 Å². The van der Waals surface area contributed by atoms with Gasteiger partial charge in [0.05, 0.1) is 11.6 Å². The topological polar surface area (TPSA) is 61.4 Å². The van der Waals surface area contributed by atoms with Crippen LogP contribution in [-0.4, -0.2) is 38.0 Å². The predicted molar refractivity (Wildman–Crippen MR) is 100 cm³/mol. The molecule has 2 amide bonds. The van der Waals surface area contributed by atoms with Crippen molar-refractivity contribution in [1.82, 2.24) is 10.6 Å². The van der Waals surface area contributed by atoms with Crippen LogP contribution in [0.15, 0.2) is 28.7 Å². The molecule has 2 saturated heterocycles. The molecule has 3 rings (SSSR count). The summed E-state index contributed by atoms with van der Waals surface area (Å²) < 4.78 is 0.878. The first-order valence-electron chi connectivity index (χ1n) is 8.18. The Morgan fingerprint density at radius 2 is 2.17 bits per heavy atom. The lowest BCUT2D eigenvalue weighted by molar-refractivity contribution is -0.126. The number of anilines is 1. The molecule has 0 aromatic heterocycles. The minimum Gasteiger partial charge on any atom is -0.356 e. The van der Waals surface area contributed by atoms with Crippen LogP contribution in [0.2, 0.25) is 0 Å². The molecule has 2 aliphatic heterocycles. The number of carbonyl (C=O) groups is 2. The maximum atomic E-state index is 12.3.